The molecule has 1 atom stereocenters. The van der Waals surface area contributed by atoms with E-state index in [0.717, 1.165) is 36.6 Å². The van der Waals surface area contributed by atoms with E-state index < -0.39 is 0 Å². The smallest absolute Gasteiger partial charge is 0.230 e. The third kappa shape index (κ3) is 3.70. The molecule has 0 radical (unpaired) electrons. The van der Waals surface area contributed by atoms with Gasteiger partial charge in [-0.15, -0.1) is 0 Å². The zero-order valence-corrected chi connectivity index (χ0v) is 15.6. The van der Waals surface area contributed by atoms with E-state index in [1.807, 2.05) is 54.3 Å². The van der Waals surface area contributed by atoms with E-state index in [0.29, 0.717) is 32.2 Å². The average molecular weight is 367 g/mol. The quantitative estimate of drug-likeness (QED) is 0.832. The van der Waals surface area contributed by atoms with Gasteiger partial charge in [0.25, 0.3) is 0 Å². The van der Waals surface area contributed by atoms with Crippen LogP contribution in [0.4, 0.5) is 5.82 Å². The summed E-state index contributed by atoms with van der Waals surface area (Å²) < 4.78 is 11.2. The molecule has 2 aliphatic rings. The van der Waals surface area contributed by atoms with Crippen LogP contribution in [0.3, 0.4) is 0 Å². The molecular weight excluding hydrogens is 342 g/mol. The van der Waals surface area contributed by atoms with E-state index in [1.165, 1.54) is 0 Å². The van der Waals surface area contributed by atoms with E-state index in [-0.39, 0.29) is 11.8 Å². The Kier molecular flexibility index (Phi) is 5.14. The number of carbonyl (C=O) groups is 1. The van der Waals surface area contributed by atoms with Gasteiger partial charge in [-0.2, -0.15) is 4.98 Å². The molecular formula is C21H25N3O3. The summed E-state index contributed by atoms with van der Waals surface area (Å²) in [6, 6.07) is 13.7. The van der Waals surface area contributed by atoms with Gasteiger partial charge < -0.3 is 19.3 Å². The van der Waals surface area contributed by atoms with E-state index >= 15 is 0 Å². The number of hydrogen-bond donors (Lipinski definition) is 0. The first-order valence-corrected chi connectivity index (χ1v) is 9.61. The second kappa shape index (κ2) is 7.86. The van der Waals surface area contributed by atoms with E-state index in [9.17, 15) is 4.79 Å². The van der Waals surface area contributed by atoms with Crippen LogP contribution in [0.15, 0.2) is 42.5 Å². The fourth-order valence-corrected chi connectivity index (χ4v) is 3.78. The molecule has 142 valence electrons. The van der Waals surface area contributed by atoms with Crippen LogP contribution in [-0.2, 0) is 4.79 Å². The van der Waals surface area contributed by atoms with Crippen molar-refractivity contribution >= 4 is 11.7 Å². The van der Waals surface area contributed by atoms with Gasteiger partial charge in [-0.3, -0.25) is 4.79 Å². The molecule has 1 fully saturated rings. The van der Waals surface area contributed by atoms with E-state index in [4.69, 9.17) is 9.47 Å². The Morgan fingerprint density at radius 3 is 2.78 bits per heavy atom. The van der Waals surface area contributed by atoms with Crippen LogP contribution in [0.25, 0.3) is 0 Å². The molecule has 3 heterocycles. The average Bonchev–Trinajstić information content (AvgIpc) is 2.73. The molecule has 0 aliphatic carbocycles. The molecule has 6 nitrogen and oxygen atoms in total. The highest BCUT2D eigenvalue weighted by Gasteiger charge is 2.32. The third-order valence-electron chi connectivity index (χ3n) is 5.17. The van der Waals surface area contributed by atoms with Gasteiger partial charge in [0.05, 0.1) is 19.1 Å². The summed E-state index contributed by atoms with van der Waals surface area (Å²) in [4.78, 5) is 21.9. The summed E-state index contributed by atoms with van der Waals surface area (Å²) >= 11 is 0. The van der Waals surface area contributed by atoms with Gasteiger partial charge >= 0.3 is 0 Å². The van der Waals surface area contributed by atoms with Crippen LogP contribution in [-0.4, -0.2) is 55.2 Å². The lowest BCUT2D eigenvalue weighted by Gasteiger charge is -2.38. The van der Waals surface area contributed by atoms with Gasteiger partial charge in [0.2, 0.25) is 11.8 Å². The van der Waals surface area contributed by atoms with Gasteiger partial charge in [0, 0.05) is 37.8 Å². The van der Waals surface area contributed by atoms with Gasteiger partial charge in [-0.1, -0.05) is 24.3 Å². The maximum absolute atomic E-state index is 13.1. The minimum absolute atomic E-state index is 0.0964. The Bertz CT molecular complexity index is 803. The summed E-state index contributed by atoms with van der Waals surface area (Å²) in [7, 11) is 0. The lowest BCUT2D eigenvalue weighted by Crippen LogP contribution is -2.50. The van der Waals surface area contributed by atoms with Gasteiger partial charge in [-0.05, 0) is 25.5 Å². The van der Waals surface area contributed by atoms with Crippen molar-refractivity contribution in [3.63, 3.8) is 0 Å². The summed E-state index contributed by atoms with van der Waals surface area (Å²) in [5.41, 5.74) is 1.02. The van der Waals surface area contributed by atoms with Gasteiger partial charge in [0.1, 0.15) is 11.6 Å². The van der Waals surface area contributed by atoms with Crippen LogP contribution in [0, 0.1) is 0 Å². The molecule has 1 unspecified atom stereocenters. The molecule has 0 bridgehead atoms. The Morgan fingerprint density at radius 1 is 1.15 bits per heavy atom. The monoisotopic (exact) mass is 367 g/mol. The number of benzene rings is 1. The third-order valence-corrected chi connectivity index (χ3v) is 5.17. The largest absolute Gasteiger partial charge is 0.493 e. The SMILES string of the molecule is CCOc1cccc(N2CCN(C(=O)C3CCOc4ccccc43)CC2)n1. The zero-order chi connectivity index (χ0) is 18.6. The van der Waals surface area contributed by atoms with Crippen molar-refractivity contribution in [2.45, 2.75) is 19.3 Å². The van der Waals surface area contributed by atoms with E-state index in [1.54, 1.807) is 0 Å². The number of pyridine rings is 1. The standard InChI is InChI=1S/C21H25N3O3/c1-2-26-20-9-5-8-19(22-20)23-11-13-24(14-12-23)21(25)17-10-15-27-18-7-4-3-6-16(17)18/h3-9,17H,2,10-15H2,1H3. The van der Waals surface area contributed by atoms with Crippen molar-refractivity contribution in [2.75, 3.05) is 44.3 Å². The number of piperazine rings is 1. The first kappa shape index (κ1) is 17.6. The maximum Gasteiger partial charge on any atom is 0.230 e. The number of para-hydroxylation sites is 1. The highest BCUT2D eigenvalue weighted by molar-refractivity contribution is 5.85. The van der Waals surface area contributed by atoms with Crippen molar-refractivity contribution < 1.29 is 14.3 Å². The normalized spacial score (nSPS) is 19.2. The number of fused-ring (bicyclic) bond motifs is 1. The summed E-state index contributed by atoms with van der Waals surface area (Å²) in [6.07, 6.45) is 0.744. The summed E-state index contributed by atoms with van der Waals surface area (Å²) in [6.45, 7) is 6.12. The molecule has 2 aromatic rings. The highest BCUT2D eigenvalue weighted by Crippen LogP contribution is 2.34. The molecule has 1 aromatic heterocycles. The summed E-state index contributed by atoms with van der Waals surface area (Å²) in [5, 5.41) is 0. The molecule has 0 spiro atoms. The number of amides is 1. The molecule has 0 saturated carbocycles. The molecule has 1 aromatic carbocycles. The topological polar surface area (TPSA) is 54.9 Å². The molecule has 1 amide bonds. The molecule has 6 heteroatoms. The minimum Gasteiger partial charge on any atom is -0.493 e. The first-order valence-electron chi connectivity index (χ1n) is 9.61. The van der Waals surface area contributed by atoms with Crippen LogP contribution < -0.4 is 14.4 Å². The van der Waals surface area contributed by atoms with Crippen LogP contribution in [0.2, 0.25) is 0 Å². The van der Waals surface area contributed by atoms with Gasteiger partial charge in [0.15, 0.2) is 0 Å². The predicted molar refractivity (Wildman–Crippen MR) is 103 cm³/mol. The molecule has 4 rings (SSSR count). The maximum atomic E-state index is 13.1. The van der Waals surface area contributed by atoms with Crippen LogP contribution in [0.1, 0.15) is 24.8 Å². The lowest BCUT2D eigenvalue weighted by atomic mass is 9.91. The van der Waals surface area contributed by atoms with Crippen LogP contribution in [0.5, 0.6) is 11.6 Å². The highest BCUT2D eigenvalue weighted by atomic mass is 16.5. The number of rotatable bonds is 4. The molecule has 27 heavy (non-hydrogen) atoms. The first-order chi connectivity index (χ1) is 13.3. The van der Waals surface area contributed by atoms with Crippen molar-refractivity contribution in [1.29, 1.82) is 0 Å². The molecule has 2 aliphatic heterocycles. The number of carbonyl (C=O) groups excluding carboxylic acids is 1. The molecule has 1 saturated heterocycles. The van der Waals surface area contributed by atoms with Crippen molar-refractivity contribution in [2.24, 2.45) is 0 Å². The number of aromatic nitrogens is 1. The van der Waals surface area contributed by atoms with Crippen molar-refractivity contribution in [3.05, 3.63) is 48.0 Å². The fourth-order valence-electron chi connectivity index (χ4n) is 3.78. The second-order valence-electron chi connectivity index (χ2n) is 6.81. The number of ether oxygens (including phenoxy) is 2. The number of hydrogen-bond acceptors (Lipinski definition) is 5. The number of anilines is 1. The minimum atomic E-state index is -0.0964. The summed E-state index contributed by atoms with van der Waals surface area (Å²) in [5.74, 6) is 2.51. The fraction of sp³-hybridized carbons (Fsp3) is 0.429. The lowest BCUT2D eigenvalue weighted by molar-refractivity contribution is -0.133. The Labute approximate surface area is 159 Å². The number of nitrogens with zero attached hydrogens (tertiary/aromatic N) is 3. The van der Waals surface area contributed by atoms with Crippen LogP contribution >= 0.6 is 0 Å². The Hall–Kier alpha value is -2.76. The van der Waals surface area contributed by atoms with Crippen molar-refractivity contribution in [3.8, 4) is 11.6 Å². The van der Waals surface area contributed by atoms with E-state index in [2.05, 4.69) is 9.88 Å². The van der Waals surface area contributed by atoms with Gasteiger partial charge in [-0.25, -0.2) is 0 Å². The van der Waals surface area contributed by atoms with Crippen molar-refractivity contribution in [1.82, 2.24) is 9.88 Å². The Balaban J connectivity index is 1.41. The second-order valence-corrected chi connectivity index (χ2v) is 6.81. The Morgan fingerprint density at radius 2 is 1.96 bits per heavy atom. The predicted octanol–water partition coefficient (Wildman–Crippen LogP) is 2.70. The zero-order valence-electron chi connectivity index (χ0n) is 15.6. The molecule has 0 N–H and O–H groups in total.